The summed E-state index contributed by atoms with van der Waals surface area (Å²) in [6.45, 7) is 4.35. The first-order valence-electron chi connectivity index (χ1n) is 6.49. The van der Waals surface area contributed by atoms with E-state index in [-0.39, 0.29) is 0 Å². The number of hydrogen-bond donors (Lipinski definition) is 0. The van der Waals surface area contributed by atoms with Crippen molar-refractivity contribution in [3.63, 3.8) is 0 Å². The van der Waals surface area contributed by atoms with Gasteiger partial charge < -0.3 is 9.15 Å². The van der Waals surface area contributed by atoms with Crippen LogP contribution in [0.5, 0.6) is 0 Å². The van der Waals surface area contributed by atoms with Crippen LogP contribution < -0.4 is 0 Å². The van der Waals surface area contributed by atoms with Crippen LogP contribution in [0.1, 0.15) is 41.4 Å². The molecule has 0 saturated heterocycles. The first-order chi connectivity index (χ1) is 9.61. The lowest BCUT2D eigenvalue weighted by Gasteiger charge is -2.06. The van der Waals surface area contributed by atoms with Gasteiger partial charge in [-0.2, -0.15) is 0 Å². The predicted molar refractivity (Wildman–Crippen MR) is 80.1 cm³/mol. The second-order valence-electron chi connectivity index (χ2n) is 4.78. The molecule has 0 radical (unpaired) electrons. The predicted octanol–water partition coefficient (Wildman–Crippen LogP) is 4.48. The van der Waals surface area contributed by atoms with Crippen LogP contribution in [-0.4, -0.2) is 13.1 Å². The van der Waals surface area contributed by atoms with Crippen molar-refractivity contribution >= 4 is 17.7 Å². The molecule has 0 fully saturated rings. The summed E-state index contributed by atoms with van der Waals surface area (Å²) in [7, 11) is 1.35. The molecule has 0 N–H and O–H groups in total. The van der Waals surface area contributed by atoms with Gasteiger partial charge in [0.25, 0.3) is 0 Å². The lowest BCUT2D eigenvalue weighted by molar-refractivity contribution is 0.0564. The fourth-order valence-corrected chi connectivity index (χ4v) is 2.71. The molecule has 1 heterocycles. The highest BCUT2D eigenvalue weighted by Gasteiger charge is 2.15. The molecule has 0 saturated carbocycles. The molecule has 20 heavy (non-hydrogen) atoms. The van der Waals surface area contributed by atoms with Gasteiger partial charge in [-0.1, -0.05) is 26.0 Å². The molecule has 0 aliphatic rings. The van der Waals surface area contributed by atoms with Crippen LogP contribution in [-0.2, 0) is 10.5 Å². The van der Waals surface area contributed by atoms with Crippen molar-refractivity contribution in [3.05, 3.63) is 53.5 Å². The van der Waals surface area contributed by atoms with E-state index >= 15 is 0 Å². The van der Waals surface area contributed by atoms with Crippen molar-refractivity contribution in [1.29, 1.82) is 0 Å². The zero-order chi connectivity index (χ0) is 14.5. The molecule has 0 aliphatic heterocycles. The number of ether oxygens (including phenoxy) is 1. The van der Waals surface area contributed by atoms with E-state index in [2.05, 4.69) is 42.8 Å². The van der Waals surface area contributed by atoms with Gasteiger partial charge >= 0.3 is 5.97 Å². The fourth-order valence-electron chi connectivity index (χ4n) is 1.83. The first-order valence-corrected chi connectivity index (χ1v) is 7.48. The van der Waals surface area contributed by atoms with Crippen molar-refractivity contribution in [3.8, 4) is 0 Å². The summed E-state index contributed by atoms with van der Waals surface area (Å²) in [5.41, 5.74) is 2.18. The average Bonchev–Trinajstić information content (AvgIpc) is 2.93. The molecule has 3 nitrogen and oxygen atoms in total. The second-order valence-corrected chi connectivity index (χ2v) is 5.83. The van der Waals surface area contributed by atoms with E-state index in [1.54, 1.807) is 11.8 Å². The van der Waals surface area contributed by atoms with Gasteiger partial charge in [0.2, 0.25) is 5.76 Å². The third-order valence-corrected chi connectivity index (χ3v) is 4.12. The maximum absolute atomic E-state index is 11.5. The fraction of sp³-hybridized carbons (Fsp3) is 0.312. The highest BCUT2D eigenvalue weighted by atomic mass is 32.2. The number of methoxy groups -OCH3 is 1. The summed E-state index contributed by atoms with van der Waals surface area (Å²) in [5, 5.41) is 0. The Bertz CT molecular complexity index is 570. The number of benzene rings is 1. The minimum absolute atomic E-state index is 0.291. The third kappa shape index (κ3) is 3.45. The summed E-state index contributed by atoms with van der Waals surface area (Å²) >= 11 is 1.67. The Balaban J connectivity index is 2.02. The topological polar surface area (TPSA) is 39.4 Å². The van der Waals surface area contributed by atoms with Crippen molar-refractivity contribution in [2.45, 2.75) is 30.4 Å². The molecule has 0 spiro atoms. The highest BCUT2D eigenvalue weighted by Crippen LogP contribution is 2.27. The summed E-state index contributed by atoms with van der Waals surface area (Å²) in [5.74, 6) is 1.08. The van der Waals surface area contributed by atoms with Gasteiger partial charge in [0.1, 0.15) is 0 Å². The van der Waals surface area contributed by atoms with E-state index in [0.29, 0.717) is 17.4 Å². The van der Waals surface area contributed by atoms with Crippen molar-refractivity contribution in [2.24, 2.45) is 0 Å². The molecule has 2 rings (SSSR count). The third-order valence-electron chi connectivity index (χ3n) is 3.06. The number of carbonyl (C=O) groups excluding carboxylic acids is 1. The van der Waals surface area contributed by atoms with Crippen LogP contribution in [0, 0.1) is 0 Å². The molecule has 1 aromatic carbocycles. The molecule has 0 atom stereocenters. The summed E-state index contributed by atoms with van der Waals surface area (Å²) in [4.78, 5) is 12.7. The van der Waals surface area contributed by atoms with Crippen LogP contribution in [0.25, 0.3) is 0 Å². The Morgan fingerprint density at radius 1 is 1.25 bits per heavy atom. The molecular weight excluding hydrogens is 272 g/mol. The number of rotatable bonds is 5. The highest BCUT2D eigenvalue weighted by molar-refractivity contribution is 7.98. The van der Waals surface area contributed by atoms with Gasteiger partial charge in [-0.3, -0.25) is 0 Å². The Morgan fingerprint density at radius 2 is 1.95 bits per heavy atom. The van der Waals surface area contributed by atoms with Crippen LogP contribution in [0.4, 0.5) is 0 Å². The summed E-state index contributed by atoms with van der Waals surface area (Å²) in [6.07, 6.45) is 1.52. The van der Waals surface area contributed by atoms with Gasteiger partial charge in [0, 0.05) is 16.2 Å². The smallest absolute Gasteiger partial charge is 0.374 e. The monoisotopic (exact) mass is 290 g/mol. The molecule has 0 amide bonds. The zero-order valence-electron chi connectivity index (χ0n) is 11.9. The van der Waals surface area contributed by atoms with Crippen LogP contribution >= 0.6 is 11.8 Å². The van der Waals surface area contributed by atoms with Crippen LogP contribution in [0.3, 0.4) is 0 Å². The SMILES string of the molecule is COC(=O)c1occc1CSc1ccc(C(C)C)cc1. The molecule has 0 unspecified atom stereocenters. The number of esters is 1. The lowest BCUT2D eigenvalue weighted by atomic mass is 10.0. The van der Waals surface area contributed by atoms with Gasteiger partial charge in [-0.25, -0.2) is 4.79 Å². The Labute approximate surface area is 123 Å². The van der Waals surface area contributed by atoms with Crippen LogP contribution in [0.2, 0.25) is 0 Å². The molecular formula is C16H18O3S. The van der Waals surface area contributed by atoms with E-state index in [0.717, 1.165) is 5.56 Å². The number of carbonyl (C=O) groups is 1. The second kappa shape index (κ2) is 6.66. The van der Waals surface area contributed by atoms with Gasteiger partial charge in [-0.15, -0.1) is 11.8 Å². The van der Waals surface area contributed by atoms with Gasteiger partial charge in [-0.05, 0) is 29.7 Å². The maximum Gasteiger partial charge on any atom is 0.374 e. The molecule has 0 bridgehead atoms. The van der Waals surface area contributed by atoms with Crippen molar-refractivity contribution in [2.75, 3.05) is 7.11 Å². The Hall–Kier alpha value is -1.68. The average molecular weight is 290 g/mol. The number of furan rings is 1. The van der Waals surface area contributed by atoms with Crippen molar-refractivity contribution in [1.82, 2.24) is 0 Å². The standard InChI is InChI=1S/C16H18O3S/c1-11(2)12-4-6-14(7-5-12)20-10-13-8-9-19-15(13)16(17)18-3/h4-9,11H,10H2,1-3H3. The van der Waals surface area contributed by atoms with E-state index in [1.807, 2.05) is 6.07 Å². The van der Waals surface area contributed by atoms with E-state index in [9.17, 15) is 4.79 Å². The maximum atomic E-state index is 11.5. The Morgan fingerprint density at radius 3 is 2.55 bits per heavy atom. The summed E-state index contributed by atoms with van der Waals surface area (Å²) in [6, 6.07) is 10.3. The van der Waals surface area contributed by atoms with E-state index in [4.69, 9.17) is 4.42 Å². The van der Waals surface area contributed by atoms with E-state index < -0.39 is 5.97 Å². The zero-order valence-corrected chi connectivity index (χ0v) is 12.7. The minimum Gasteiger partial charge on any atom is -0.463 e. The molecule has 4 heteroatoms. The number of thioether (sulfide) groups is 1. The largest absolute Gasteiger partial charge is 0.463 e. The normalized spacial score (nSPS) is 10.8. The van der Waals surface area contributed by atoms with Crippen molar-refractivity contribution < 1.29 is 13.9 Å². The molecule has 1 aromatic heterocycles. The van der Waals surface area contributed by atoms with Crippen LogP contribution in [0.15, 0.2) is 45.9 Å². The van der Waals surface area contributed by atoms with Gasteiger partial charge in [0.05, 0.1) is 13.4 Å². The lowest BCUT2D eigenvalue weighted by Crippen LogP contribution is -2.02. The van der Waals surface area contributed by atoms with E-state index in [1.165, 1.54) is 23.8 Å². The Kier molecular flexibility index (Phi) is 4.90. The first kappa shape index (κ1) is 14.7. The minimum atomic E-state index is -0.430. The molecule has 0 aliphatic carbocycles. The molecule has 106 valence electrons. The molecule has 2 aromatic rings. The summed E-state index contributed by atoms with van der Waals surface area (Å²) < 4.78 is 9.86. The quantitative estimate of drug-likeness (QED) is 0.601. The number of hydrogen-bond acceptors (Lipinski definition) is 4. The van der Waals surface area contributed by atoms with Gasteiger partial charge in [0.15, 0.2) is 0 Å².